The molecule has 0 heterocycles. The Morgan fingerprint density at radius 2 is 1.48 bits per heavy atom. The number of anilines is 2. The highest BCUT2D eigenvalue weighted by Gasteiger charge is 2.07. The van der Waals surface area contributed by atoms with Gasteiger partial charge in [0.1, 0.15) is 5.75 Å². The molecule has 130 valence electrons. The zero-order valence-electron chi connectivity index (χ0n) is 13.5. The first-order chi connectivity index (χ1) is 12.0. The van der Waals surface area contributed by atoms with E-state index in [0.717, 1.165) is 0 Å². The predicted octanol–water partition coefficient (Wildman–Crippen LogP) is 2.96. The smallest absolute Gasteiger partial charge is 0.269 e. The van der Waals surface area contributed by atoms with Crippen molar-refractivity contribution in [3.8, 4) is 5.75 Å². The molecule has 25 heavy (non-hydrogen) atoms. The van der Waals surface area contributed by atoms with E-state index in [1.807, 2.05) is 0 Å². The van der Waals surface area contributed by atoms with Crippen molar-refractivity contribution in [2.45, 2.75) is 13.3 Å². The third kappa shape index (κ3) is 5.61. The molecule has 2 amide bonds. The van der Waals surface area contributed by atoms with Crippen LogP contribution in [0.1, 0.15) is 13.3 Å². The fourth-order valence-corrected chi connectivity index (χ4v) is 1.90. The van der Waals surface area contributed by atoms with E-state index < -0.39 is 4.92 Å². The number of non-ortho nitro benzene ring substituents is 1. The number of ether oxygens (including phenoxy) is 1. The van der Waals surface area contributed by atoms with Gasteiger partial charge in [0.2, 0.25) is 5.91 Å². The minimum Gasteiger partial charge on any atom is -0.484 e. The van der Waals surface area contributed by atoms with Gasteiger partial charge in [-0.25, -0.2) is 0 Å². The molecule has 0 radical (unpaired) electrons. The van der Waals surface area contributed by atoms with E-state index in [4.69, 9.17) is 4.74 Å². The molecule has 2 rings (SSSR count). The maximum absolute atomic E-state index is 11.9. The van der Waals surface area contributed by atoms with E-state index in [9.17, 15) is 19.7 Å². The number of nitrogens with zero attached hydrogens (tertiary/aromatic N) is 1. The Balaban J connectivity index is 1.83. The van der Waals surface area contributed by atoms with Crippen LogP contribution in [0.3, 0.4) is 0 Å². The highest BCUT2D eigenvalue weighted by atomic mass is 16.6. The Morgan fingerprint density at radius 1 is 0.960 bits per heavy atom. The summed E-state index contributed by atoms with van der Waals surface area (Å²) in [6.45, 7) is 1.53. The number of amides is 2. The van der Waals surface area contributed by atoms with Crippen LogP contribution in [0.15, 0.2) is 48.5 Å². The van der Waals surface area contributed by atoms with Gasteiger partial charge in [-0.1, -0.05) is 6.92 Å². The van der Waals surface area contributed by atoms with E-state index in [1.54, 1.807) is 31.2 Å². The van der Waals surface area contributed by atoms with Crippen molar-refractivity contribution in [2.75, 3.05) is 17.2 Å². The lowest BCUT2D eigenvalue weighted by atomic mass is 10.2. The number of hydrogen-bond acceptors (Lipinski definition) is 5. The summed E-state index contributed by atoms with van der Waals surface area (Å²) in [7, 11) is 0. The third-order valence-electron chi connectivity index (χ3n) is 3.19. The van der Waals surface area contributed by atoms with E-state index in [2.05, 4.69) is 10.6 Å². The monoisotopic (exact) mass is 343 g/mol. The van der Waals surface area contributed by atoms with Crippen LogP contribution in [-0.2, 0) is 9.59 Å². The Labute approximate surface area is 144 Å². The Bertz CT molecular complexity index is 757. The predicted molar refractivity (Wildman–Crippen MR) is 92.6 cm³/mol. The van der Waals surface area contributed by atoms with Crippen LogP contribution in [0.5, 0.6) is 5.75 Å². The molecule has 0 spiro atoms. The third-order valence-corrected chi connectivity index (χ3v) is 3.19. The van der Waals surface area contributed by atoms with E-state index in [-0.39, 0.29) is 24.1 Å². The zero-order chi connectivity index (χ0) is 18.2. The SMILES string of the molecule is CCC(=O)Nc1ccc(NC(=O)COc2ccc([N+](=O)[O-])cc2)cc1. The van der Waals surface area contributed by atoms with Crippen LogP contribution in [0, 0.1) is 10.1 Å². The standard InChI is InChI=1S/C17H17N3O5/c1-2-16(21)18-12-3-5-13(6-4-12)19-17(22)11-25-15-9-7-14(8-10-15)20(23)24/h3-10H,2,11H2,1H3,(H,18,21)(H,19,22). The van der Waals surface area contributed by atoms with E-state index >= 15 is 0 Å². The van der Waals surface area contributed by atoms with Gasteiger partial charge in [-0.15, -0.1) is 0 Å². The molecule has 0 aliphatic heterocycles. The number of nitro groups is 1. The second kappa shape index (κ2) is 8.44. The fraction of sp³-hybridized carbons (Fsp3) is 0.176. The molecule has 2 aromatic rings. The van der Waals surface area contributed by atoms with Crippen molar-refractivity contribution in [3.63, 3.8) is 0 Å². The molecule has 0 aromatic heterocycles. The summed E-state index contributed by atoms with van der Waals surface area (Å²) in [6, 6.07) is 12.1. The van der Waals surface area contributed by atoms with Gasteiger partial charge in [-0.3, -0.25) is 19.7 Å². The molecule has 2 N–H and O–H groups in total. The van der Waals surface area contributed by atoms with E-state index in [0.29, 0.717) is 23.5 Å². The molecule has 0 fully saturated rings. The van der Waals surface area contributed by atoms with Gasteiger partial charge in [0, 0.05) is 29.9 Å². The quantitative estimate of drug-likeness (QED) is 0.593. The number of nitro benzene ring substituents is 1. The molecule has 0 saturated heterocycles. The van der Waals surface area contributed by atoms with Gasteiger partial charge in [0.25, 0.3) is 11.6 Å². The molecule has 8 nitrogen and oxygen atoms in total. The Hall–Kier alpha value is -3.42. The van der Waals surface area contributed by atoms with Crippen molar-refractivity contribution in [1.29, 1.82) is 0 Å². The van der Waals surface area contributed by atoms with Crippen molar-refractivity contribution >= 4 is 28.9 Å². The van der Waals surface area contributed by atoms with Gasteiger partial charge >= 0.3 is 0 Å². The number of nitrogens with one attached hydrogen (secondary N) is 2. The lowest BCUT2D eigenvalue weighted by Gasteiger charge is -2.08. The maximum atomic E-state index is 11.9. The summed E-state index contributed by atoms with van der Waals surface area (Å²) in [5.74, 6) is -0.102. The number of benzene rings is 2. The number of carbonyl (C=O) groups excluding carboxylic acids is 2. The summed E-state index contributed by atoms with van der Waals surface area (Å²) in [5, 5.41) is 15.9. The van der Waals surface area contributed by atoms with Crippen LogP contribution < -0.4 is 15.4 Å². The molecule has 0 aliphatic rings. The summed E-state index contributed by atoms with van der Waals surface area (Å²) in [6.07, 6.45) is 0.387. The molecule has 0 atom stereocenters. The summed E-state index contributed by atoms with van der Waals surface area (Å²) in [4.78, 5) is 33.2. The molecular weight excluding hydrogens is 326 g/mol. The second-order valence-electron chi connectivity index (χ2n) is 5.07. The lowest BCUT2D eigenvalue weighted by molar-refractivity contribution is -0.384. The average molecular weight is 343 g/mol. The molecule has 0 unspecified atom stereocenters. The summed E-state index contributed by atoms with van der Waals surface area (Å²) >= 11 is 0. The second-order valence-corrected chi connectivity index (χ2v) is 5.07. The van der Waals surface area contributed by atoms with Crippen LogP contribution in [0.4, 0.5) is 17.1 Å². The molecular formula is C17H17N3O5. The topological polar surface area (TPSA) is 111 Å². The van der Waals surface area contributed by atoms with Crippen molar-refractivity contribution in [3.05, 3.63) is 58.6 Å². The average Bonchev–Trinajstić information content (AvgIpc) is 2.62. The minimum atomic E-state index is -0.511. The highest BCUT2D eigenvalue weighted by molar-refractivity contribution is 5.93. The van der Waals surface area contributed by atoms with E-state index in [1.165, 1.54) is 24.3 Å². The fourth-order valence-electron chi connectivity index (χ4n) is 1.90. The zero-order valence-corrected chi connectivity index (χ0v) is 13.5. The first kappa shape index (κ1) is 17.9. The maximum Gasteiger partial charge on any atom is 0.269 e. The van der Waals surface area contributed by atoms with Crippen LogP contribution in [0.2, 0.25) is 0 Å². The number of rotatable bonds is 7. The summed E-state index contributed by atoms with van der Waals surface area (Å²) < 4.78 is 5.27. The normalized spacial score (nSPS) is 9.96. The van der Waals surface area contributed by atoms with Crippen LogP contribution in [0.25, 0.3) is 0 Å². The summed E-state index contributed by atoms with van der Waals surface area (Å²) in [5.41, 5.74) is 1.16. The minimum absolute atomic E-state index is 0.0490. The molecule has 8 heteroatoms. The number of hydrogen-bond donors (Lipinski definition) is 2. The van der Waals surface area contributed by atoms with Gasteiger partial charge in [0.05, 0.1) is 4.92 Å². The largest absolute Gasteiger partial charge is 0.484 e. The highest BCUT2D eigenvalue weighted by Crippen LogP contribution is 2.17. The van der Waals surface area contributed by atoms with Crippen LogP contribution >= 0.6 is 0 Å². The van der Waals surface area contributed by atoms with Crippen molar-refractivity contribution in [1.82, 2.24) is 0 Å². The number of carbonyl (C=O) groups is 2. The molecule has 0 bridgehead atoms. The first-order valence-corrected chi connectivity index (χ1v) is 7.55. The van der Waals surface area contributed by atoms with Crippen LogP contribution in [-0.4, -0.2) is 23.3 Å². The first-order valence-electron chi connectivity index (χ1n) is 7.55. The molecule has 2 aromatic carbocycles. The molecule has 0 aliphatic carbocycles. The van der Waals surface area contributed by atoms with Gasteiger partial charge < -0.3 is 15.4 Å². The Morgan fingerprint density at radius 3 is 1.96 bits per heavy atom. The molecule has 0 saturated carbocycles. The van der Waals surface area contributed by atoms with Crippen molar-refractivity contribution in [2.24, 2.45) is 0 Å². The van der Waals surface area contributed by atoms with Gasteiger partial charge in [0.15, 0.2) is 6.61 Å². The van der Waals surface area contributed by atoms with Crippen molar-refractivity contribution < 1.29 is 19.2 Å². The van der Waals surface area contributed by atoms with Gasteiger partial charge in [-0.05, 0) is 36.4 Å². The van der Waals surface area contributed by atoms with Gasteiger partial charge in [-0.2, -0.15) is 0 Å². The lowest BCUT2D eigenvalue weighted by Crippen LogP contribution is -2.20. The Kier molecular flexibility index (Phi) is 6.05.